The summed E-state index contributed by atoms with van der Waals surface area (Å²) in [6.45, 7) is 13.9. The monoisotopic (exact) mass is 632 g/mol. The Morgan fingerprint density at radius 2 is 1.47 bits per heavy atom. The van der Waals surface area contributed by atoms with Gasteiger partial charge in [-0.25, -0.2) is 9.59 Å². The average Bonchev–Trinajstić information content (AvgIpc) is 3.40. The molecule has 1 aromatic rings. The van der Waals surface area contributed by atoms with Gasteiger partial charge in [0.1, 0.15) is 23.3 Å². The van der Waals surface area contributed by atoms with E-state index in [4.69, 9.17) is 23.7 Å². The van der Waals surface area contributed by atoms with Gasteiger partial charge in [-0.05, 0) is 78.7 Å². The molecule has 2 amide bonds. The molecule has 2 fully saturated rings. The van der Waals surface area contributed by atoms with E-state index in [1.165, 1.54) is 0 Å². The molecule has 0 bridgehead atoms. The normalized spacial score (nSPS) is 20.1. The maximum atomic E-state index is 14.1. The van der Waals surface area contributed by atoms with Crippen molar-refractivity contribution in [2.24, 2.45) is 5.92 Å². The first-order valence-corrected chi connectivity index (χ1v) is 16.7. The van der Waals surface area contributed by atoms with Crippen LogP contribution in [0.4, 0.5) is 4.79 Å². The number of nitrogens with one attached hydrogen (secondary N) is 1. The lowest BCUT2D eigenvalue weighted by Crippen LogP contribution is -2.56. The molecule has 1 N–H and O–H groups in total. The lowest BCUT2D eigenvalue weighted by atomic mass is 9.83. The van der Waals surface area contributed by atoms with Crippen molar-refractivity contribution in [2.75, 3.05) is 33.0 Å². The molecule has 0 spiro atoms. The summed E-state index contributed by atoms with van der Waals surface area (Å²) in [7, 11) is 0. The first-order valence-electron chi connectivity index (χ1n) is 16.7. The van der Waals surface area contributed by atoms with Gasteiger partial charge in [-0.1, -0.05) is 49.6 Å². The molecule has 3 rings (SSSR count). The van der Waals surface area contributed by atoms with Crippen molar-refractivity contribution in [3.63, 3.8) is 0 Å². The zero-order valence-corrected chi connectivity index (χ0v) is 28.3. The maximum Gasteiger partial charge on any atom is 0.408 e. The minimum Gasteiger partial charge on any atom is -0.458 e. The SMILES string of the molecule is CC(C)(C)OC(=O)N[C@H](C(=O)N1CC(OCCCOCCCOCc2ccccc2)C[C@H]1C(=O)OC(C)(C)C)C1CCCCC1. The number of alkyl carbamates (subject to hydrolysis) is 1. The summed E-state index contributed by atoms with van der Waals surface area (Å²) < 4.78 is 28.8. The van der Waals surface area contributed by atoms with Crippen LogP contribution in [0.25, 0.3) is 0 Å². The number of amides is 2. The Hall–Kier alpha value is -2.69. The molecule has 2 aliphatic rings. The first-order chi connectivity index (χ1) is 21.3. The molecule has 10 heteroatoms. The third kappa shape index (κ3) is 13.7. The van der Waals surface area contributed by atoms with Gasteiger partial charge in [0, 0.05) is 39.4 Å². The van der Waals surface area contributed by atoms with E-state index in [-0.39, 0.29) is 24.5 Å². The Bertz CT molecular complexity index is 1050. The summed E-state index contributed by atoms with van der Waals surface area (Å²) in [5.41, 5.74) is -0.248. The summed E-state index contributed by atoms with van der Waals surface area (Å²) in [5.74, 6) is -0.772. The van der Waals surface area contributed by atoms with Crippen LogP contribution in [0.1, 0.15) is 98.5 Å². The summed E-state index contributed by atoms with van der Waals surface area (Å²) >= 11 is 0. The second-order valence-electron chi connectivity index (χ2n) is 14.1. The largest absolute Gasteiger partial charge is 0.458 e. The van der Waals surface area contributed by atoms with Crippen LogP contribution in [-0.2, 0) is 39.9 Å². The number of ether oxygens (including phenoxy) is 5. The molecule has 1 unspecified atom stereocenters. The average molecular weight is 633 g/mol. The predicted octanol–water partition coefficient (Wildman–Crippen LogP) is 5.80. The molecule has 3 atom stereocenters. The van der Waals surface area contributed by atoms with Crippen LogP contribution in [0.15, 0.2) is 30.3 Å². The standard InChI is InChI=1S/C35H56N2O8/c1-34(2,3)44-32(39)29-23-28(43-22-14-20-41-19-13-21-42-25-26-15-9-7-10-16-26)24-37(29)31(38)30(27-17-11-8-12-18-27)36-33(40)45-35(4,5)6/h7,9-10,15-16,27-30H,8,11-14,17-25H2,1-6H3,(H,36,40)/t28?,29-,30-/m0/s1. The summed E-state index contributed by atoms with van der Waals surface area (Å²) in [6, 6.07) is 8.50. The highest BCUT2D eigenvalue weighted by molar-refractivity contribution is 5.90. The van der Waals surface area contributed by atoms with Crippen LogP contribution in [-0.4, -0.2) is 85.2 Å². The quantitative estimate of drug-likeness (QED) is 0.191. The molecule has 1 aliphatic heterocycles. The van der Waals surface area contributed by atoms with E-state index in [0.717, 1.165) is 44.1 Å². The highest BCUT2D eigenvalue weighted by Crippen LogP contribution is 2.31. The number of carbonyl (C=O) groups excluding carboxylic acids is 3. The Labute approximate surface area is 269 Å². The Morgan fingerprint density at radius 3 is 2.11 bits per heavy atom. The van der Waals surface area contributed by atoms with Crippen molar-refractivity contribution >= 4 is 18.0 Å². The zero-order valence-electron chi connectivity index (χ0n) is 28.3. The predicted molar refractivity (Wildman–Crippen MR) is 172 cm³/mol. The molecule has 0 aromatic heterocycles. The second kappa shape index (κ2) is 17.9. The van der Waals surface area contributed by atoms with Crippen LogP contribution in [0, 0.1) is 5.92 Å². The number of esters is 1. The van der Waals surface area contributed by atoms with E-state index in [1.807, 2.05) is 51.1 Å². The highest BCUT2D eigenvalue weighted by Gasteiger charge is 2.46. The lowest BCUT2D eigenvalue weighted by Gasteiger charge is -2.35. The van der Waals surface area contributed by atoms with Gasteiger partial charge in [-0.15, -0.1) is 0 Å². The van der Waals surface area contributed by atoms with Crippen LogP contribution in [0.5, 0.6) is 0 Å². The molecule has 10 nitrogen and oxygen atoms in total. The third-order valence-corrected chi connectivity index (χ3v) is 7.76. The van der Waals surface area contributed by atoms with Crippen LogP contribution < -0.4 is 5.32 Å². The topological polar surface area (TPSA) is 113 Å². The summed E-state index contributed by atoms with van der Waals surface area (Å²) in [6.07, 6.45) is 5.64. The molecule has 0 radical (unpaired) electrons. The van der Waals surface area contributed by atoms with E-state index in [1.54, 1.807) is 25.7 Å². The number of hydrogen-bond donors (Lipinski definition) is 1. The number of rotatable bonds is 15. The van der Waals surface area contributed by atoms with E-state index < -0.39 is 35.3 Å². The molecule has 1 saturated heterocycles. The number of benzene rings is 1. The zero-order chi connectivity index (χ0) is 32.9. The maximum absolute atomic E-state index is 14.1. The van der Waals surface area contributed by atoms with Gasteiger partial charge in [-0.2, -0.15) is 0 Å². The van der Waals surface area contributed by atoms with Gasteiger partial charge >= 0.3 is 12.1 Å². The van der Waals surface area contributed by atoms with Crippen molar-refractivity contribution in [1.29, 1.82) is 0 Å². The first kappa shape index (κ1) is 36.8. The minimum atomic E-state index is -0.791. The molecule has 45 heavy (non-hydrogen) atoms. The van der Waals surface area contributed by atoms with E-state index in [0.29, 0.717) is 45.9 Å². The Morgan fingerprint density at radius 1 is 0.844 bits per heavy atom. The van der Waals surface area contributed by atoms with Gasteiger partial charge < -0.3 is 33.9 Å². The fourth-order valence-corrected chi connectivity index (χ4v) is 5.76. The number of hydrogen-bond acceptors (Lipinski definition) is 8. The van der Waals surface area contributed by atoms with Gasteiger partial charge in [-0.3, -0.25) is 4.79 Å². The smallest absolute Gasteiger partial charge is 0.408 e. The van der Waals surface area contributed by atoms with Crippen LogP contribution in [0.2, 0.25) is 0 Å². The molecule has 1 aliphatic carbocycles. The third-order valence-electron chi connectivity index (χ3n) is 7.76. The summed E-state index contributed by atoms with van der Waals surface area (Å²) in [5, 5.41) is 2.86. The van der Waals surface area contributed by atoms with Crippen molar-refractivity contribution < 1.29 is 38.1 Å². The van der Waals surface area contributed by atoms with E-state index in [2.05, 4.69) is 5.32 Å². The van der Waals surface area contributed by atoms with Crippen molar-refractivity contribution in [2.45, 2.75) is 129 Å². The fourth-order valence-electron chi connectivity index (χ4n) is 5.76. The minimum absolute atomic E-state index is 0.0288. The summed E-state index contributed by atoms with van der Waals surface area (Å²) in [4.78, 5) is 41.8. The van der Waals surface area contributed by atoms with Crippen molar-refractivity contribution in [1.82, 2.24) is 10.2 Å². The number of carbonyl (C=O) groups is 3. The van der Waals surface area contributed by atoms with Crippen LogP contribution >= 0.6 is 0 Å². The van der Waals surface area contributed by atoms with E-state index in [9.17, 15) is 14.4 Å². The second-order valence-corrected chi connectivity index (χ2v) is 14.1. The van der Waals surface area contributed by atoms with Crippen molar-refractivity contribution in [3.8, 4) is 0 Å². The molecular formula is C35H56N2O8. The van der Waals surface area contributed by atoms with Gasteiger partial charge in [0.05, 0.1) is 12.7 Å². The highest BCUT2D eigenvalue weighted by atomic mass is 16.6. The van der Waals surface area contributed by atoms with Crippen LogP contribution in [0.3, 0.4) is 0 Å². The van der Waals surface area contributed by atoms with Gasteiger partial charge in [0.2, 0.25) is 5.91 Å². The molecule has 1 aromatic carbocycles. The number of likely N-dealkylation sites (tertiary alicyclic amines) is 1. The van der Waals surface area contributed by atoms with Gasteiger partial charge in [0.25, 0.3) is 0 Å². The Balaban J connectivity index is 1.52. The Kier molecular flexibility index (Phi) is 14.6. The molecule has 1 heterocycles. The molecule has 1 saturated carbocycles. The van der Waals surface area contributed by atoms with Crippen molar-refractivity contribution in [3.05, 3.63) is 35.9 Å². The molecule has 254 valence electrons. The molecular weight excluding hydrogens is 576 g/mol. The van der Waals surface area contributed by atoms with E-state index >= 15 is 0 Å². The van der Waals surface area contributed by atoms with Gasteiger partial charge in [0.15, 0.2) is 0 Å². The number of nitrogens with zero attached hydrogens (tertiary/aromatic N) is 1. The fraction of sp³-hybridized carbons (Fsp3) is 0.743. The lowest BCUT2D eigenvalue weighted by molar-refractivity contribution is -0.163.